The Bertz CT molecular complexity index is 430. The van der Waals surface area contributed by atoms with Crippen LogP contribution in [0.4, 0.5) is 13.2 Å². The van der Waals surface area contributed by atoms with Crippen LogP contribution in [0.25, 0.3) is 11.0 Å². The molecular formula is C8H4F3N2. The number of aromatic amines is 1. The van der Waals surface area contributed by atoms with Crippen molar-refractivity contribution < 1.29 is 13.2 Å². The number of hydrogen-bond acceptors (Lipinski definition) is 1. The minimum Gasteiger partial charge on any atom is -0.346 e. The lowest BCUT2D eigenvalue weighted by Crippen LogP contribution is -2.05. The van der Waals surface area contributed by atoms with Crippen molar-refractivity contribution in [2.75, 3.05) is 0 Å². The summed E-state index contributed by atoms with van der Waals surface area (Å²) in [5.41, 5.74) is -0.437. The smallest absolute Gasteiger partial charge is 0.346 e. The lowest BCUT2D eigenvalue weighted by atomic mass is 10.2. The van der Waals surface area contributed by atoms with Gasteiger partial charge in [0.05, 0.1) is 5.56 Å². The van der Waals surface area contributed by atoms with Crippen molar-refractivity contribution in [1.82, 2.24) is 9.97 Å². The monoisotopic (exact) mass is 185 g/mol. The molecule has 0 aliphatic heterocycles. The molecule has 0 aliphatic carbocycles. The summed E-state index contributed by atoms with van der Waals surface area (Å²) in [4.78, 5) is 6.29. The summed E-state index contributed by atoms with van der Waals surface area (Å²) < 4.78 is 36.4. The van der Waals surface area contributed by atoms with E-state index in [1.54, 1.807) is 0 Å². The number of pyridine rings is 1. The maximum Gasteiger partial charge on any atom is 0.418 e. The van der Waals surface area contributed by atoms with Gasteiger partial charge in [-0.25, -0.2) is 4.98 Å². The standard InChI is InChI=1S/C8H4F3N2/c9-8(10,11)6-3-5-1-2-12-7(5)13-4-6/h1-2,4H,(H,12,13). The topological polar surface area (TPSA) is 28.7 Å². The number of aromatic nitrogens is 2. The lowest BCUT2D eigenvalue weighted by Gasteiger charge is -2.04. The van der Waals surface area contributed by atoms with Gasteiger partial charge >= 0.3 is 6.18 Å². The van der Waals surface area contributed by atoms with E-state index in [4.69, 9.17) is 0 Å². The van der Waals surface area contributed by atoms with Gasteiger partial charge in [-0.3, -0.25) is 0 Å². The van der Waals surface area contributed by atoms with Crippen molar-refractivity contribution in [2.45, 2.75) is 6.18 Å². The second-order valence-electron chi connectivity index (χ2n) is 2.53. The Kier molecular flexibility index (Phi) is 1.55. The van der Waals surface area contributed by atoms with Crippen molar-refractivity contribution in [3.63, 3.8) is 0 Å². The number of nitrogens with one attached hydrogen (secondary N) is 1. The lowest BCUT2D eigenvalue weighted by molar-refractivity contribution is -0.137. The van der Waals surface area contributed by atoms with Crippen LogP contribution in [0, 0.1) is 6.07 Å². The summed E-state index contributed by atoms with van der Waals surface area (Å²) in [6.45, 7) is 0. The predicted molar refractivity (Wildman–Crippen MR) is 39.9 cm³/mol. The molecule has 2 rings (SSSR count). The van der Waals surface area contributed by atoms with Crippen LogP contribution < -0.4 is 0 Å². The fourth-order valence-corrected chi connectivity index (χ4v) is 1.02. The molecule has 2 heterocycles. The molecule has 0 aromatic carbocycles. The third-order valence-electron chi connectivity index (χ3n) is 1.62. The Morgan fingerprint density at radius 1 is 1.38 bits per heavy atom. The zero-order chi connectivity index (χ0) is 9.47. The Balaban J connectivity index is 2.61. The van der Waals surface area contributed by atoms with E-state index in [1.165, 1.54) is 12.3 Å². The summed E-state index contributed by atoms with van der Waals surface area (Å²) in [5, 5.41) is 0.342. The Labute approximate surface area is 71.4 Å². The van der Waals surface area contributed by atoms with Crippen molar-refractivity contribution in [3.8, 4) is 0 Å². The van der Waals surface area contributed by atoms with Crippen LogP contribution >= 0.6 is 0 Å². The van der Waals surface area contributed by atoms with E-state index in [1.807, 2.05) is 0 Å². The number of rotatable bonds is 0. The molecule has 67 valence electrons. The van der Waals surface area contributed by atoms with Gasteiger partial charge in [0, 0.05) is 23.8 Å². The van der Waals surface area contributed by atoms with Crippen molar-refractivity contribution >= 4 is 11.0 Å². The van der Waals surface area contributed by atoms with E-state index in [-0.39, 0.29) is 0 Å². The molecule has 2 aromatic heterocycles. The minimum absolute atomic E-state index is 0.342. The van der Waals surface area contributed by atoms with Gasteiger partial charge in [0.15, 0.2) is 0 Å². The number of H-pyrrole nitrogens is 1. The molecular weight excluding hydrogens is 181 g/mol. The third-order valence-corrected chi connectivity index (χ3v) is 1.62. The number of halogens is 3. The number of nitrogens with zero attached hydrogens (tertiary/aromatic N) is 1. The highest BCUT2D eigenvalue weighted by atomic mass is 19.4. The highest BCUT2D eigenvalue weighted by Gasteiger charge is 2.31. The summed E-state index contributed by atoms with van der Waals surface area (Å²) in [7, 11) is 0. The van der Waals surface area contributed by atoms with Gasteiger partial charge in [-0.15, -0.1) is 0 Å². The highest BCUT2D eigenvalue weighted by molar-refractivity contribution is 5.74. The largest absolute Gasteiger partial charge is 0.418 e. The second-order valence-corrected chi connectivity index (χ2v) is 2.53. The van der Waals surface area contributed by atoms with Gasteiger partial charge in [0.25, 0.3) is 0 Å². The van der Waals surface area contributed by atoms with Crippen LogP contribution in [-0.2, 0) is 6.18 Å². The van der Waals surface area contributed by atoms with Crippen LogP contribution in [0.1, 0.15) is 5.56 Å². The first kappa shape index (κ1) is 8.10. The quantitative estimate of drug-likeness (QED) is 0.670. The van der Waals surface area contributed by atoms with Crippen molar-refractivity contribution in [2.24, 2.45) is 0 Å². The Morgan fingerprint density at radius 2 is 2.15 bits per heavy atom. The number of fused-ring (bicyclic) bond motifs is 1. The third kappa shape index (κ3) is 1.37. The fraction of sp³-hybridized carbons (Fsp3) is 0.125. The van der Waals surface area contributed by atoms with Gasteiger partial charge in [-0.1, -0.05) is 0 Å². The maximum absolute atomic E-state index is 12.1. The molecule has 0 atom stereocenters. The van der Waals surface area contributed by atoms with Crippen molar-refractivity contribution in [1.29, 1.82) is 0 Å². The van der Waals surface area contributed by atoms with Crippen molar-refractivity contribution in [3.05, 3.63) is 30.1 Å². The molecule has 0 amide bonds. The molecule has 0 spiro atoms. The zero-order valence-electron chi connectivity index (χ0n) is 6.31. The van der Waals surface area contributed by atoms with Gasteiger partial charge in [0.2, 0.25) is 0 Å². The number of alkyl halides is 3. The molecule has 1 N–H and O–H groups in total. The van der Waals surface area contributed by atoms with E-state index >= 15 is 0 Å². The van der Waals surface area contributed by atoms with Crippen LogP contribution in [0.2, 0.25) is 0 Å². The Morgan fingerprint density at radius 3 is 2.85 bits per heavy atom. The molecule has 1 radical (unpaired) electrons. The van der Waals surface area contributed by atoms with E-state index < -0.39 is 11.7 Å². The van der Waals surface area contributed by atoms with Gasteiger partial charge < -0.3 is 4.98 Å². The van der Waals surface area contributed by atoms with E-state index in [0.717, 1.165) is 6.20 Å². The molecule has 0 unspecified atom stereocenters. The van der Waals surface area contributed by atoms with E-state index in [9.17, 15) is 13.2 Å². The van der Waals surface area contributed by atoms with E-state index in [0.29, 0.717) is 11.0 Å². The molecule has 0 aliphatic rings. The van der Waals surface area contributed by atoms with Gasteiger partial charge in [0.1, 0.15) is 5.65 Å². The maximum atomic E-state index is 12.1. The summed E-state index contributed by atoms with van der Waals surface area (Å²) in [6.07, 6.45) is -2.09. The van der Waals surface area contributed by atoms with Crippen LogP contribution in [-0.4, -0.2) is 9.97 Å². The van der Waals surface area contributed by atoms with Crippen LogP contribution in [0.5, 0.6) is 0 Å². The highest BCUT2D eigenvalue weighted by Crippen LogP contribution is 2.29. The first-order chi connectivity index (χ1) is 6.07. The van der Waals surface area contributed by atoms with Crippen LogP contribution in [0.3, 0.4) is 0 Å². The first-order valence-electron chi connectivity index (χ1n) is 3.50. The SMILES string of the molecule is FC(F)(F)c1[c]c2cc[nH]c2nc1. The van der Waals surface area contributed by atoms with Gasteiger partial charge in [-0.05, 0) is 6.07 Å². The second kappa shape index (κ2) is 2.48. The molecule has 13 heavy (non-hydrogen) atoms. The molecule has 2 nitrogen and oxygen atoms in total. The predicted octanol–water partition coefficient (Wildman–Crippen LogP) is 2.38. The average molecular weight is 185 g/mol. The fourth-order valence-electron chi connectivity index (χ4n) is 1.02. The minimum atomic E-state index is -4.38. The Hall–Kier alpha value is -1.52. The molecule has 5 heteroatoms. The summed E-state index contributed by atoms with van der Waals surface area (Å²) in [6, 6.07) is 3.73. The summed E-state index contributed by atoms with van der Waals surface area (Å²) in [5.74, 6) is 0. The normalized spacial score (nSPS) is 12.2. The van der Waals surface area contributed by atoms with Crippen LogP contribution in [0.15, 0.2) is 18.5 Å². The van der Waals surface area contributed by atoms with Gasteiger partial charge in [-0.2, -0.15) is 13.2 Å². The summed E-state index contributed by atoms with van der Waals surface area (Å²) >= 11 is 0. The van der Waals surface area contributed by atoms with E-state index in [2.05, 4.69) is 16.0 Å². The zero-order valence-corrected chi connectivity index (χ0v) is 6.31. The average Bonchev–Trinajstić information content (AvgIpc) is 2.47. The first-order valence-corrected chi connectivity index (χ1v) is 3.50. The number of hydrogen-bond donors (Lipinski definition) is 1. The molecule has 0 fully saturated rings. The molecule has 0 saturated heterocycles. The molecule has 0 saturated carbocycles. The molecule has 0 bridgehead atoms. The molecule has 2 aromatic rings.